The third kappa shape index (κ3) is 8.72. The molecule has 0 aliphatic carbocycles. The molecule has 0 heterocycles. The molecule has 3 aromatic rings. The van der Waals surface area contributed by atoms with Crippen LogP contribution in [0.25, 0.3) is 0 Å². The second-order valence-corrected chi connectivity index (χ2v) is 12.1. The van der Waals surface area contributed by atoms with Gasteiger partial charge < -0.3 is 19.7 Å². The molecular weight excluding hydrogens is 542 g/mol. The van der Waals surface area contributed by atoms with Crippen molar-refractivity contribution in [3.8, 4) is 11.5 Å². The van der Waals surface area contributed by atoms with E-state index in [2.05, 4.69) is 5.32 Å². The Labute approximate surface area is 243 Å². The molecule has 0 aliphatic heterocycles. The van der Waals surface area contributed by atoms with E-state index < -0.39 is 28.5 Å². The molecule has 2 amide bonds. The second-order valence-electron chi connectivity index (χ2n) is 10.2. The number of rotatable bonds is 13. The van der Waals surface area contributed by atoms with E-state index in [9.17, 15) is 18.0 Å². The van der Waals surface area contributed by atoms with Gasteiger partial charge in [0.25, 0.3) is 0 Å². The number of methoxy groups -OCH3 is 2. The van der Waals surface area contributed by atoms with Crippen LogP contribution in [0.4, 0.5) is 5.69 Å². The average molecular weight is 582 g/mol. The zero-order valence-electron chi connectivity index (χ0n) is 24.5. The molecule has 0 saturated heterocycles. The van der Waals surface area contributed by atoms with Gasteiger partial charge in [-0.2, -0.15) is 0 Å². The molecule has 1 atom stereocenters. The topological polar surface area (TPSA) is 105 Å². The van der Waals surface area contributed by atoms with Crippen molar-refractivity contribution in [2.75, 3.05) is 31.3 Å². The molecule has 220 valence electrons. The predicted molar refractivity (Wildman–Crippen MR) is 161 cm³/mol. The lowest BCUT2D eigenvalue weighted by Gasteiger charge is -2.34. The molecule has 0 aliphatic rings. The van der Waals surface area contributed by atoms with Crippen molar-refractivity contribution in [3.63, 3.8) is 0 Å². The van der Waals surface area contributed by atoms with Crippen molar-refractivity contribution in [2.24, 2.45) is 0 Å². The lowest BCUT2D eigenvalue weighted by molar-refractivity contribution is -0.140. The van der Waals surface area contributed by atoms with E-state index in [-0.39, 0.29) is 30.6 Å². The first-order chi connectivity index (χ1) is 19.4. The summed E-state index contributed by atoms with van der Waals surface area (Å²) in [7, 11) is -0.979. The molecule has 1 N–H and O–H groups in total. The van der Waals surface area contributed by atoms with Gasteiger partial charge in [-0.05, 0) is 44.0 Å². The maximum atomic E-state index is 14.1. The number of sulfonamides is 1. The molecule has 0 saturated carbocycles. The molecule has 0 fully saturated rings. The van der Waals surface area contributed by atoms with Crippen LogP contribution in [0, 0.1) is 6.92 Å². The van der Waals surface area contributed by atoms with E-state index in [4.69, 9.17) is 9.47 Å². The Morgan fingerprint density at radius 3 is 2.12 bits per heavy atom. The number of nitrogens with one attached hydrogen (secondary N) is 1. The van der Waals surface area contributed by atoms with Gasteiger partial charge >= 0.3 is 0 Å². The third-order valence-corrected chi connectivity index (χ3v) is 7.61. The second kappa shape index (κ2) is 14.0. The average Bonchev–Trinajstić information content (AvgIpc) is 2.92. The minimum atomic E-state index is -3.91. The number of carbonyl (C=O) groups is 2. The van der Waals surface area contributed by atoms with Crippen LogP contribution in [-0.2, 0) is 32.6 Å². The molecule has 0 bridgehead atoms. The fraction of sp³-hybridized carbons (Fsp3) is 0.355. The fourth-order valence-electron chi connectivity index (χ4n) is 4.54. The highest BCUT2D eigenvalue weighted by molar-refractivity contribution is 7.92. The number of benzene rings is 3. The Balaban J connectivity index is 2.08. The highest BCUT2D eigenvalue weighted by Gasteiger charge is 2.33. The first kappa shape index (κ1) is 31.5. The Kier molecular flexibility index (Phi) is 10.8. The zero-order chi connectivity index (χ0) is 30.2. The van der Waals surface area contributed by atoms with Crippen LogP contribution in [0.15, 0.2) is 72.8 Å². The highest BCUT2D eigenvalue weighted by Crippen LogP contribution is 2.32. The molecule has 0 aromatic heterocycles. The first-order valence-electron chi connectivity index (χ1n) is 13.3. The Hall–Kier alpha value is -4.05. The van der Waals surface area contributed by atoms with Gasteiger partial charge in [0.2, 0.25) is 21.8 Å². The summed E-state index contributed by atoms with van der Waals surface area (Å²) in [6.45, 7) is 5.26. The van der Waals surface area contributed by atoms with Gasteiger partial charge in [-0.25, -0.2) is 8.42 Å². The van der Waals surface area contributed by atoms with Crippen molar-refractivity contribution in [1.29, 1.82) is 0 Å². The standard InChI is InChI=1S/C31H39N3O6S/c1-22(2)32-31(36)27(18-24-12-8-7-9-13-24)33(20-25-14-10-11-23(3)17-25)30(35)21-34(41(6,37)38)26-15-16-28(39-4)29(19-26)40-5/h7-17,19,22,27H,18,20-21H2,1-6H3,(H,32,36)/t27-/m0/s1. The third-order valence-electron chi connectivity index (χ3n) is 6.47. The van der Waals surface area contributed by atoms with Gasteiger partial charge in [0.15, 0.2) is 11.5 Å². The van der Waals surface area contributed by atoms with Crippen LogP contribution in [-0.4, -0.2) is 64.2 Å². The van der Waals surface area contributed by atoms with E-state index >= 15 is 0 Å². The smallest absolute Gasteiger partial charge is 0.244 e. The summed E-state index contributed by atoms with van der Waals surface area (Å²) in [4.78, 5) is 29.2. The minimum Gasteiger partial charge on any atom is -0.493 e. The number of hydrogen-bond donors (Lipinski definition) is 1. The Morgan fingerprint density at radius 1 is 0.878 bits per heavy atom. The number of carbonyl (C=O) groups excluding carboxylic acids is 2. The normalized spacial score (nSPS) is 12.0. The summed E-state index contributed by atoms with van der Waals surface area (Å²) < 4.78 is 37.6. The molecule has 3 aromatic carbocycles. The number of aryl methyl sites for hydroxylation is 1. The lowest BCUT2D eigenvalue weighted by Crippen LogP contribution is -2.54. The van der Waals surface area contributed by atoms with Gasteiger partial charge in [-0.3, -0.25) is 13.9 Å². The summed E-state index contributed by atoms with van der Waals surface area (Å²) in [5, 5.41) is 2.94. The van der Waals surface area contributed by atoms with E-state index in [1.807, 2.05) is 75.4 Å². The van der Waals surface area contributed by atoms with Crippen molar-refractivity contribution in [1.82, 2.24) is 10.2 Å². The van der Waals surface area contributed by atoms with Gasteiger partial charge in [0, 0.05) is 25.1 Å². The van der Waals surface area contributed by atoms with Crippen LogP contribution < -0.4 is 19.1 Å². The Bertz CT molecular complexity index is 1440. The van der Waals surface area contributed by atoms with Crippen LogP contribution >= 0.6 is 0 Å². The van der Waals surface area contributed by atoms with Gasteiger partial charge in [0.05, 0.1) is 26.2 Å². The summed E-state index contributed by atoms with van der Waals surface area (Å²) in [6, 6.07) is 20.7. The maximum Gasteiger partial charge on any atom is 0.244 e. The van der Waals surface area contributed by atoms with Crippen molar-refractivity contribution >= 4 is 27.5 Å². The van der Waals surface area contributed by atoms with Crippen LogP contribution in [0.5, 0.6) is 11.5 Å². The summed E-state index contributed by atoms with van der Waals surface area (Å²) in [5.74, 6) is -0.0974. The first-order valence-corrected chi connectivity index (χ1v) is 15.2. The summed E-state index contributed by atoms with van der Waals surface area (Å²) in [6.07, 6.45) is 1.29. The molecule has 0 radical (unpaired) electrons. The molecule has 9 nitrogen and oxygen atoms in total. The SMILES string of the molecule is COc1ccc(N(CC(=O)N(Cc2cccc(C)c2)[C@@H](Cc2ccccc2)C(=O)NC(C)C)S(C)(=O)=O)cc1OC. The zero-order valence-corrected chi connectivity index (χ0v) is 25.3. The van der Waals surface area contributed by atoms with Crippen LogP contribution in [0.3, 0.4) is 0 Å². The number of ether oxygens (including phenoxy) is 2. The fourth-order valence-corrected chi connectivity index (χ4v) is 5.38. The van der Waals surface area contributed by atoms with E-state index in [1.54, 1.807) is 12.1 Å². The number of nitrogens with zero attached hydrogens (tertiary/aromatic N) is 2. The molecule has 0 unspecified atom stereocenters. The summed E-state index contributed by atoms with van der Waals surface area (Å²) in [5.41, 5.74) is 2.94. The molecule has 3 rings (SSSR count). The number of amides is 2. The van der Waals surface area contributed by atoms with Crippen molar-refractivity contribution < 1.29 is 27.5 Å². The monoisotopic (exact) mass is 581 g/mol. The van der Waals surface area contributed by atoms with Gasteiger partial charge in [-0.15, -0.1) is 0 Å². The van der Waals surface area contributed by atoms with Gasteiger partial charge in [-0.1, -0.05) is 60.2 Å². The molecular formula is C31H39N3O6S. The van der Waals surface area contributed by atoms with E-state index in [0.717, 1.165) is 27.3 Å². The van der Waals surface area contributed by atoms with Crippen molar-refractivity contribution in [2.45, 2.75) is 45.8 Å². The number of hydrogen-bond acceptors (Lipinski definition) is 6. The van der Waals surface area contributed by atoms with E-state index in [1.165, 1.54) is 25.2 Å². The van der Waals surface area contributed by atoms with Crippen molar-refractivity contribution in [3.05, 3.63) is 89.5 Å². The largest absolute Gasteiger partial charge is 0.493 e. The quantitative estimate of drug-likeness (QED) is 0.328. The van der Waals surface area contributed by atoms with Crippen LogP contribution in [0.2, 0.25) is 0 Å². The predicted octanol–water partition coefficient (Wildman–Crippen LogP) is 3.94. The minimum absolute atomic E-state index is 0.118. The molecule has 41 heavy (non-hydrogen) atoms. The van der Waals surface area contributed by atoms with Gasteiger partial charge in [0.1, 0.15) is 12.6 Å². The highest BCUT2D eigenvalue weighted by atomic mass is 32.2. The van der Waals surface area contributed by atoms with E-state index in [0.29, 0.717) is 11.5 Å². The molecule has 0 spiro atoms. The Morgan fingerprint density at radius 2 is 1.54 bits per heavy atom. The summed E-state index contributed by atoms with van der Waals surface area (Å²) >= 11 is 0. The number of anilines is 1. The maximum absolute atomic E-state index is 14.1. The lowest BCUT2D eigenvalue weighted by atomic mass is 10.0. The molecule has 10 heteroatoms. The van der Waals surface area contributed by atoms with Crippen LogP contribution in [0.1, 0.15) is 30.5 Å².